The quantitative estimate of drug-likeness (QED) is 0.394. The van der Waals surface area contributed by atoms with E-state index in [1.54, 1.807) is 16.6 Å². The van der Waals surface area contributed by atoms with Gasteiger partial charge in [0.2, 0.25) is 0 Å². The molecule has 0 radical (unpaired) electrons. The number of pyridine rings is 1. The van der Waals surface area contributed by atoms with Crippen molar-refractivity contribution in [2.45, 2.75) is 23.2 Å². The van der Waals surface area contributed by atoms with Crippen LogP contribution in [0.1, 0.15) is 18.5 Å². The molecule has 32 heavy (non-hydrogen) atoms. The molecule has 164 valence electrons. The average Bonchev–Trinajstić information content (AvgIpc) is 3.51. The highest BCUT2D eigenvalue weighted by Crippen LogP contribution is 2.49. The molecule has 0 aliphatic heterocycles. The Morgan fingerprint density at radius 1 is 1.09 bits per heavy atom. The van der Waals surface area contributed by atoms with Gasteiger partial charge in [0.1, 0.15) is 0 Å². The van der Waals surface area contributed by atoms with Gasteiger partial charge in [0.05, 0.1) is 11.1 Å². The van der Waals surface area contributed by atoms with Crippen LogP contribution in [0.25, 0.3) is 22.2 Å². The van der Waals surface area contributed by atoms with Gasteiger partial charge < -0.3 is 15.4 Å². The molecular weight excluding hydrogens is 416 g/mol. The van der Waals surface area contributed by atoms with Gasteiger partial charge in [0.25, 0.3) is 0 Å². The molecule has 7 heteroatoms. The van der Waals surface area contributed by atoms with Gasteiger partial charge in [-0.3, -0.25) is 0 Å². The number of aryl methyl sites for hydroxylation is 1. The number of anilines is 2. The Hall–Kier alpha value is -3.03. The number of likely N-dealkylation sites (N-methyl/N-ethyl adjacent to an activating group) is 1. The lowest BCUT2D eigenvalue weighted by molar-refractivity contribution is 0.359. The summed E-state index contributed by atoms with van der Waals surface area (Å²) in [4.78, 5) is 8.46. The second-order valence-electron chi connectivity index (χ2n) is 8.88. The van der Waals surface area contributed by atoms with Crippen LogP contribution in [0.4, 0.5) is 11.5 Å². The highest BCUT2D eigenvalue weighted by molar-refractivity contribution is 8.00. The first-order valence-electron chi connectivity index (χ1n) is 10.8. The molecule has 3 N–H and O–H groups in total. The first-order chi connectivity index (χ1) is 15.4. The molecule has 2 aromatic heterocycles. The SMILES string of the molecule is CN(C)CC1(c2cc(-c3ccc(NSc4ccccc4)cc3)c3c(N)nn(C)c3n2)CC1. The first kappa shape index (κ1) is 20.8. The molecule has 0 atom stereocenters. The standard InChI is InChI=1S/C25H28N6S/c1-30(2)16-25(13-14-25)21-15-20(22-23(26)28-31(3)24(22)27-21)17-9-11-18(12-10-17)29-32-19-7-5-4-6-8-19/h4-12,15,29H,13-14,16H2,1-3H3,(H2,26,28). The molecular formula is C25H28N6S. The second-order valence-corrected chi connectivity index (χ2v) is 9.75. The summed E-state index contributed by atoms with van der Waals surface area (Å²) in [7, 11) is 6.17. The molecule has 1 aliphatic carbocycles. The molecule has 2 heterocycles. The Morgan fingerprint density at radius 2 is 1.81 bits per heavy atom. The van der Waals surface area contributed by atoms with Crippen molar-refractivity contribution in [1.29, 1.82) is 0 Å². The molecule has 5 rings (SSSR count). The van der Waals surface area contributed by atoms with Crippen LogP contribution in [0, 0.1) is 0 Å². The summed E-state index contributed by atoms with van der Waals surface area (Å²) < 4.78 is 5.22. The maximum absolute atomic E-state index is 6.32. The maximum Gasteiger partial charge on any atom is 0.160 e. The minimum Gasteiger partial charge on any atom is -0.382 e. The number of nitrogens with zero attached hydrogens (tertiary/aromatic N) is 4. The summed E-state index contributed by atoms with van der Waals surface area (Å²) in [5.74, 6) is 0.524. The molecule has 0 spiro atoms. The van der Waals surface area contributed by atoms with E-state index in [4.69, 9.17) is 10.7 Å². The highest BCUT2D eigenvalue weighted by atomic mass is 32.2. The molecule has 1 fully saturated rings. The predicted octanol–water partition coefficient (Wildman–Crippen LogP) is 4.93. The topological polar surface area (TPSA) is 72.0 Å². The van der Waals surface area contributed by atoms with Crippen molar-refractivity contribution in [3.8, 4) is 11.1 Å². The largest absolute Gasteiger partial charge is 0.382 e. The summed E-state index contributed by atoms with van der Waals surface area (Å²) >= 11 is 1.61. The van der Waals surface area contributed by atoms with Crippen LogP contribution < -0.4 is 10.5 Å². The lowest BCUT2D eigenvalue weighted by Crippen LogP contribution is -2.26. The monoisotopic (exact) mass is 444 g/mol. The first-order valence-corrected chi connectivity index (χ1v) is 11.6. The summed E-state index contributed by atoms with van der Waals surface area (Å²) in [6.45, 7) is 0.998. The van der Waals surface area contributed by atoms with Crippen molar-refractivity contribution in [2.24, 2.45) is 7.05 Å². The van der Waals surface area contributed by atoms with E-state index in [0.29, 0.717) is 5.82 Å². The minimum atomic E-state index is 0.124. The molecule has 1 saturated carbocycles. The molecule has 1 aliphatic rings. The van der Waals surface area contributed by atoms with E-state index in [1.807, 2.05) is 25.2 Å². The number of nitrogens with two attached hydrogens (primary N) is 1. The molecule has 0 saturated heterocycles. The normalized spacial score (nSPS) is 14.8. The van der Waals surface area contributed by atoms with Crippen LogP contribution >= 0.6 is 11.9 Å². The summed E-state index contributed by atoms with van der Waals surface area (Å²) in [6.07, 6.45) is 2.33. The Labute approximate surface area is 193 Å². The van der Waals surface area contributed by atoms with Crippen molar-refractivity contribution >= 4 is 34.5 Å². The number of nitrogens with one attached hydrogen (secondary N) is 1. The van der Waals surface area contributed by atoms with E-state index < -0.39 is 0 Å². The number of nitrogen functional groups attached to an aromatic ring is 1. The summed E-state index contributed by atoms with van der Waals surface area (Å²) in [5.41, 5.74) is 11.7. The fourth-order valence-corrected chi connectivity index (χ4v) is 5.02. The number of aromatic nitrogens is 3. The van der Waals surface area contributed by atoms with Gasteiger partial charge in [-0.05, 0) is 80.3 Å². The van der Waals surface area contributed by atoms with Crippen LogP contribution in [0.5, 0.6) is 0 Å². The van der Waals surface area contributed by atoms with E-state index in [1.165, 1.54) is 4.90 Å². The molecule has 0 unspecified atom stereocenters. The van der Waals surface area contributed by atoms with Crippen molar-refractivity contribution < 1.29 is 0 Å². The fraction of sp³-hybridized carbons (Fsp3) is 0.280. The van der Waals surface area contributed by atoms with Crippen LogP contribution in [0.15, 0.2) is 65.6 Å². The third-order valence-electron chi connectivity index (χ3n) is 6.06. The van der Waals surface area contributed by atoms with Gasteiger partial charge in [-0.1, -0.05) is 30.3 Å². The van der Waals surface area contributed by atoms with Crippen molar-refractivity contribution in [1.82, 2.24) is 19.7 Å². The lowest BCUT2D eigenvalue weighted by Gasteiger charge is -2.21. The third kappa shape index (κ3) is 3.94. The number of benzene rings is 2. The van der Waals surface area contributed by atoms with Crippen molar-refractivity contribution in [3.63, 3.8) is 0 Å². The summed E-state index contributed by atoms with van der Waals surface area (Å²) in [6, 6.07) is 21.0. The van der Waals surface area contributed by atoms with Gasteiger partial charge in [-0.25, -0.2) is 9.67 Å². The van der Waals surface area contributed by atoms with Crippen molar-refractivity contribution in [2.75, 3.05) is 31.1 Å². The molecule has 4 aromatic rings. The van der Waals surface area contributed by atoms with Gasteiger partial charge in [0, 0.05) is 29.6 Å². The fourth-order valence-electron chi connectivity index (χ4n) is 4.35. The summed E-state index contributed by atoms with van der Waals surface area (Å²) in [5, 5.41) is 5.39. The smallest absolute Gasteiger partial charge is 0.160 e. The maximum atomic E-state index is 6.32. The molecule has 0 bridgehead atoms. The minimum absolute atomic E-state index is 0.124. The zero-order chi connectivity index (χ0) is 22.3. The van der Waals surface area contributed by atoms with E-state index >= 15 is 0 Å². The van der Waals surface area contributed by atoms with Crippen molar-refractivity contribution in [3.05, 3.63) is 66.4 Å². The molecule has 2 aromatic carbocycles. The van der Waals surface area contributed by atoms with Gasteiger partial charge >= 0.3 is 0 Å². The van der Waals surface area contributed by atoms with Gasteiger partial charge in [-0.15, -0.1) is 0 Å². The Morgan fingerprint density at radius 3 is 2.47 bits per heavy atom. The number of rotatable bonds is 7. The number of hydrogen-bond donors (Lipinski definition) is 2. The Kier molecular flexibility index (Phi) is 5.31. The third-order valence-corrected chi connectivity index (χ3v) is 6.91. The van der Waals surface area contributed by atoms with Crippen LogP contribution in [0.3, 0.4) is 0 Å². The van der Waals surface area contributed by atoms with E-state index in [0.717, 1.165) is 52.9 Å². The van der Waals surface area contributed by atoms with Gasteiger partial charge in [0.15, 0.2) is 11.5 Å². The van der Waals surface area contributed by atoms with Gasteiger partial charge in [-0.2, -0.15) is 5.10 Å². The second kappa shape index (κ2) is 8.15. The van der Waals surface area contributed by atoms with E-state index in [9.17, 15) is 0 Å². The Balaban J connectivity index is 1.50. The Bertz CT molecular complexity index is 1240. The average molecular weight is 445 g/mol. The van der Waals surface area contributed by atoms with Crippen LogP contribution in [0.2, 0.25) is 0 Å². The van der Waals surface area contributed by atoms with Crippen LogP contribution in [-0.2, 0) is 12.5 Å². The number of fused-ring (bicyclic) bond motifs is 1. The highest BCUT2D eigenvalue weighted by Gasteiger charge is 2.46. The zero-order valence-electron chi connectivity index (χ0n) is 18.7. The van der Waals surface area contributed by atoms with Crippen LogP contribution in [-0.4, -0.2) is 40.3 Å². The predicted molar refractivity (Wildman–Crippen MR) is 134 cm³/mol. The van der Waals surface area contributed by atoms with E-state index in [2.05, 4.69) is 71.3 Å². The molecule has 6 nitrogen and oxygen atoms in total. The van der Waals surface area contributed by atoms with E-state index in [-0.39, 0.29) is 5.41 Å². The lowest BCUT2D eigenvalue weighted by atomic mass is 9.95. The molecule has 0 amide bonds. The number of hydrogen-bond acceptors (Lipinski definition) is 6. The zero-order valence-corrected chi connectivity index (χ0v) is 19.5.